The zero-order chi connectivity index (χ0) is 18.8. The lowest BCUT2D eigenvalue weighted by molar-refractivity contribution is -0.117. The molecular formula is C21H22BrN3O2. The van der Waals surface area contributed by atoms with Gasteiger partial charge in [-0.2, -0.15) is 0 Å². The smallest absolute Gasteiger partial charge is 0.321 e. The van der Waals surface area contributed by atoms with Crippen molar-refractivity contribution in [3.05, 3.63) is 58.6 Å². The van der Waals surface area contributed by atoms with Gasteiger partial charge in [-0.15, -0.1) is 0 Å². The first-order valence-corrected chi connectivity index (χ1v) is 10.1. The van der Waals surface area contributed by atoms with Gasteiger partial charge in [0.2, 0.25) is 5.91 Å². The van der Waals surface area contributed by atoms with Crippen LogP contribution in [0.2, 0.25) is 0 Å². The Morgan fingerprint density at radius 1 is 0.963 bits per heavy atom. The van der Waals surface area contributed by atoms with E-state index in [0.29, 0.717) is 11.4 Å². The van der Waals surface area contributed by atoms with E-state index in [9.17, 15) is 9.59 Å². The first-order chi connectivity index (χ1) is 13.1. The molecule has 6 heteroatoms. The normalized spacial score (nSPS) is 21.0. The number of likely N-dealkylation sites (tertiary alicyclic amines) is 1. The topological polar surface area (TPSA) is 61.4 Å². The number of benzene rings is 2. The van der Waals surface area contributed by atoms with Crippen molar-refractivity contribution in [3.63, 3.8) is 0 Å². The summed E-state index contributed by atoms with van der Waals surface area (Å²) in [6.07, 6.45) is 2.94. The number of nitrogens with zero attached hydrogens (tertiary/aromatic N) is 1. The molecule has 2 unspecified atom stereocenters. The molecule has 140 valence electrons. The van der Waals surface area contributed by atoms with Crippen LogP contribution in [-0.2, 0) is 4.79 Å². The van der Waals surface area contributed by atoms with Gasteiger partial charge in [-0.3, -0.25) is 4.79 Å². The van der Waals surface area contributed by atoms with Crippen molar-refractivity contribution < 1.29 is 9.59 Å². The molecule has 27 heavy (non-hydrogen) atoms. The van der Waals surface area contributed by atoms with Crippen molar-refractivity contribution in [2.45, 2.75) is 25.2 Å². The Hall–Kier alpha value is -2.34. The van der Waals surface area contributed by atoms with Gasteiger partial charge in [0.15, 0.2) is 0 Å². The molecule has 0 aromatic heterocycles. The van der Waals surface area contributed by atoms with E-state index in [1.165, 1.54) is 5.56 Å². The fraction of sp³-hybridized carbons (Fsp3) is 0.333. The van der Waals surface area contributed by atoms with Gasteiger partial charge in [0, 0.05) is 23.5 Å². The third kappa shape index (κ3) is 4.16. The van der Waals surface area contributed by atoms with Crippen molar-refractivity contribution in [1.29, 1.82) is 0 Å². The number of anilines is 2. The molecule has 0 bridgehead atoms. The summed E-state index contributed by atoms with van der Waals surface area (Å²) in [6.45, 7) is 1.58. The molecule has 3 amide bonds. The molecule has 4 rings (SSSR count). The first-order valence-electron chi connectivity index (χ1n) is 9.33. The maximum absolute atomic E-state index is 12.7. The Labute approximate surface area is 167 Å². The van der Waals surface area contributed by atoms with Crippen LogP contribution >= 0.6 is 15.9 Å². The molecule has 2 aromatic carbocycles. The van der Waals surface area contributed by atoms with Gasteiger partial charge in [0.1, 0.15) is 0 Å². The van der Waals surface area contributed by atoms with Crippen molar-refractivity contribution in [3.8, 4) is 0 Å². The van der Waals surface area contributed by atoms with E-state index < -0.39 is 0 Å². The number of carbonyl (C=O) groups excluding carboxylic acids is 2. The van der Waals surface area contributed by atoms with Gasteiger partial charge < -0.3 is 15.5 Å². The number of nitrogens with one attached hydrogen (secondary N) is 2. The third-order valence-corrected chi connectivity index (χ3v) is 5.72. The number of amides is 3. The Bertz CT molecular complexity index is 864. The van der Waals surface area contributed by atoms with Gasteiger partial charge in [-0.1, -0.05) is 40.2 Å². The highest BCUT2D eigenvalue weighted by Crippen LogP contribution is 2.48. The van der Waals surface area contributed by atoms with E-state index in [1.54, 1.807) is 0 Å². The largest absolute Gasteiger partial charge is 0.325 e. The summed E-state index contributed by atoms with van der Waals surface area (Å²) in [4.78, 5) is 26.9. The molecule has 1 heterocycles. The lowest BCUT2D eigenvalue weighted by atomic mass is 10.1. The predicted octanol–water partition coefficient (Wildman–Crippen LogP) is 4.82. The third-order valence-electron chi connectivity index (χ3n) is 5.22. The number of carbonyl (C=O) groups is 2. The second-order valence-corrected chi connectivity index (χ2v) is 8.08. The highest BCUT2D eigenvalue weighted by molar-refractivity contribution is 9.10. The summed E-state index contributed by atoms with van der Waals surface area (Å²) in [7, 11) is 0. The van der Waals surface area contributed by atoms with Crippen molar-refractivity contribution in [2.24, 2.45) is 5.92 Å². The molecule has 1 saturated heterocycles. The van der Waals surface area contributed by atoms with Crippen LogP contribution in [0.5, 0.6) is 0 Å². The fourth-order valence-electron chi connectivity index (χ4n) is 3.63. The number of urea groups is 1. The van der Waals surface area contributed by atoms with Gasteiger partial charge in [0.25, 0.3) is 0 Å². The Balaban J connectivity index is 1.41. The van der Waals surface area contributed by atoms with Gasteiger partial charge in [-0.05, 0) is 55.0 Å². The number of hydrogen-bond donors (Lipinski definition) is 2. The lowest BCUT2D eigenvalue weighted by Crippen LogP contribution is -2.32. The maximum Gasteiger partial charge on any atom is 0.321 e. The first kappa shape index (κ1) is 18.0. The van der Waals surface area contributed by atoms with Crippen LogP contribution in [-0.4, -0.2) is 29.9 Å². The maximum atomic E-state index is 12.7. The summed E-state index contributed by atoms with van der Waals surface area (Å²) in [5.74, 6) is 0.235. The summed E-state index contributed by atoms with van der Waals surface area (Å²) in [6, 6.07) is 15.4. The monoisotopic (exact) mass is 427 g/mol. The van der Waals surface area contributed by atoms with E-state index >= 15 is 0 Å². The van der Waals surface area contributed by atoms with E-state index in [-0.39, 0.29) is 23.8 Å². The molecule has 1 aliphatic heterocycles. The van der Waals surface area contributed by atoms with Crippen molar-refractivity contribution in [1.82, 2.24) is 4.90 Å². The minimum absolute atomic E-state index is 0.00264. The van der Waals surface area contributed by atoms with E-state index in [0.717, 1.165) is 36.8 Å². The zero-order valence-electron chi connectivity index (χ0n) is 15.0. The van der Waals surface area contributed by atoms with E-state index in [2.05, 4.69) is 38.7 Å². The Morgan fingerprint density at radius 2 is 1.67 bits per heavy atom. The van der Waals surface area contributed by atoms with Gasteiger partial charge in [-0.25, -0.2) is 4.79 Å². The molecule has 2 aromatic rings. The number of rotatable bonds is 4. The van der Waals surface area contributed by atoms with Crippen molar-refractivity contribution in [2.75, 3.05) is 23.7 Å². The molecule has 2 atom stereocenters. The second-order valence-electron chi connectivity index (χ2n) is 7.16. The Morgan fingerprint density at radius 3 is 2.37 bits per heavy atom. The van der Waals surface area contributed by atoms with Crippen LogP contribution in [0.15, 0.2) is 53.0 Å². The molecular weight excluding hydrogens is 406 g/mol. The number of halogens is 1. The van der Waals surface area contributed by atoms with Crippen LogP contribution in [0.1, 0.15) is 30.7 Å². The highest BCUT2D eigenvalue weighted by atomic mass is 79.9. The highest BCUT2D eigenvalue weighted by Gasteiger charge is 2.44. The molecule has 2 fully saturated rings. The zero-order valence-corrected chi connectivity index (χ0v) is 16.5. The standard InChI is InChI=1S/C21H22BrN3O2/c22-15-7-5-6-14(12-15)16-13-17(16)20(26)23-18-8-1-2-9-19(18)24-21(27)25-10-3-4-11-25/h1-2,5-9,12,16-17H,3-4,10-11,13H2,(H,23,26)(H,24,27). The lowest BCUT2D eigenvalue weighted by Gasteiger charge is -2.18. The van der Waals surface area contributed by atoms with Crippen LogP contribution in [0, 0.1) is 5.92 Å². The summed E-state index contributed by atoms with van der Waals surface area (Å²) >= 11 is 3.48. The summed E-state index contributed by atoms with van der Waals surface area (Å²) in [5, 5.41) is 5.93. The molecule has 0 radical (unpaired) electrons. The molecule has 5 nitrogen and oxygen atoms in total. The van der Waals surface area contributed by atoms with Crippen molar-refractivity contribution >= 4 is 39.2 Å². The van der Waals surface area contributed by atoms with Gasteiger partial charge in [0.05, 0.1) is 11.4 Å². The average Bonchev–Trinajstić information content (AvgIpc) is 3.28. The summed E-state index contributed by atoms with van der Waals surface area (Å²) in [5.41, 5.74) is 2.47. The minimum Gasteiger partial charge on any atom is -0.325 e. The number of hydrogen-bond acceptors (Lipinski definition) is 2. The molecule has 2 N–H and O–H groups in total. The second kappa shape index (κ2) is 7.72. The quantitative estimate of drug-likeness (QED) is 0.734. The van der Waals surface area contributed by atoms with Crippen LogP contribution in [0.3, 0.4) is 0 Å². The van der Waals surface area contributed by atoms with E-state index in [4.69, 9.17) is 0 Å². The number of para-hydroxylation sites is 2. The fourth-order valence-corrected chi connectivity index (χ4v) is 4.05. The predicted molar refractivity (Wildman–Crippen MR) is 110 cm³/mol. The SMILES string of the molecule is O=C(Nc1ccccc1NC(=O)N1CCCC1)C1CC1c1cccc(Br)c1. The van der Waals surface area contributed by atoms with E-state index in [1.807, 2.05) is 41.3 Å². The summed E-state index contributed by atoms with van der Waals surface area (Å²) < 4.78 is 1.03. The Kier molecular flexibility index (Phi) is 5.16. The molecule has 0 spiro atoms. The minimum atomic E-state index is -0.104. The van der Waals surface area contributed by atoms with Crippen LogP contribution in [0.4, 0.5) is 16.2 Å². The van der Waals surface area contributed by atoms with Crippen LogP contribution < -0.4 is 10.6 Å². The van der Waals surface area contributed by atoms with Gasteiger partial charge >= 0.3 is 6.03 Å². The van der Waals surface area contributed by atoms with Crippen LogP contribution in [0.25, 0.3) is 0 Å². The molecule has 1 saturated carbocycles. The molecule has 1 aliphatic carbocycles. The molecule has 2 aliphatic rings. The average molecular weight is 428 g/mol.